The van der Waals surface area contributed by atoms with E-state index in [-0.39, 0.29) is 5.91 Å². The first kappa shape index (κ1) is 15.9. The number of aryl methyl sites for hydroxylation is 1. The molecule has 1 amide bonds. The number of aromatic nitrogens is 1. The SMILES string of the molecule is CCOc1cc(C(=O)N(C)Cc2cc(C)on2)ccc1OC. The Hall–Kier alpha value is -2.50. The molecule has 1 heterocycles. The summed E-state index contributed by atoms with van der Waals surface area (Å²) in [4.78, 5) is 14.1. The average molecular weight is 304 g/mol. The van der Waals surface area contributed by atoms with E-state index in [0.29, 0.717) is 35.9 Å². The van der Waals surface area contributed by atoms with Crippen LogP contribution in [0.2, 0.25) is 0 Å². The molecular weight excluding hydrogens is 284 g/mol. The topological polar surface area (TPSA) is 64.8 Å². The molecule has 0 fully saturated rings. The molecule has 2 aromatic rings. The fourth-order valence-corrected chi connectivity index (χ4v) is 2.11. The van der Waals surface area contributed by atoms with Crippen LogP contribution in [0.25, 0.3) is 0 Å². The second kappa shape index (κ2) is 6.98. The quantitative estimate of drug-likeness (QED) is 0.821. The Morgan fingerprint density at radius 2 is 2.09 bits per heavy atom. The highest BCUT2D eigenvalue weighted by atomic mass is 16.5. The Balaban J connectivity index is 2.15. The number of carbonyl (C=O) groups is 1. The van der Waals surface area contributed by atoms with Crippen molar-refractivity contribution in [2.75, 3.05) is 20.8 Å². The lowest BCUT2D eigenvalue weighted by molar-refractivity contribution is 0.0781. The van der Waals surface area contributed by atoms with Crippen molar-refractivity contribution >= 4 is 5.91 Å². The number of amides is 1. The van der Waals surface area contributed by atoms with Crippen LogP contribution in [-0.4, -0.2) is 36.7 Å². The van der Waals surface area contributed by atoms with E-state index in [1.54, 1.807) is 37.3 Å². The van der Waals surface area contributed by atoms with E-state index >= 15 is 0 Å². The van der Waals surface area contributed by atoms with Crippen molar-refractivity contribution in [2.45, 2.75) is 20.4 Å². The molecule has 118 valence electrons. The predicted octanol–water partition coefficient (Wildman–Crippen LogP) is 2.66. The molecule has 0 atom stereocenters. The van der Waals surface area contributed by atoms with Gasteiger partial charge >= 0.3 is 0 Å². The number of benzene rings is 1. The fourth-order valence-electron chi connectivity index (χ4n) is 2.11. The number of ether oxygens (including phenoxy) is 2. The number of hydrogen-bond donors (Lipinski definition) is 0. The summed E-state index contributed by atoms with van der Waals surface area (Å²) in [5.74, 6) is 1.76. The third-order valence-corrected chi connectivity index (χ3v) is 3.13. The molecule has 1 aromatic heterocycles. The van der Waals surface area contributed by atoms with Gasteiger partial charge < -0.3 is 18.9 Å². The van der Waals surface area contributed by atoms with Gasteiger partial charge in [0.2, 0.25) is 0 Å². The van der Waals surface area contributed by atoms with Crippen molar-refractivity contribution in [3.63, 3.8) is 0 Å². The van der Waals surface area contributed by atoms with Crippen LogP contribution in [0.1, 0.15) is 28.7 Å². The van der Waals surface area contributed by atoms with Crippen LogP contribution in [-0.2, 0) is 6.54 Å². The number of nitrogens with zero attached hydrogens (tertiary/aromatic N) is 2. The minimum Gasteiger partial charge on any atom is -0.493 e. The summed E-state index contributed by atoms with van der Waals surface area (Å²) in [6.45, 7) is 4.58. The van der Waals surface area contributed by atoms with Gasteiger partial charge in [-0.2, -0.15) is 0 Å². The zero-order chi connectivity index (χ0) is 16.1. The lowest BCUT2D eigenvalue weighted by Crippen LogP contribution is -2.26. The van der Waals surface area contributed by atoms with Crippen LogP contribution >= 0.6 is 0 Å². The second-order valence-electron chi connectivity index (χ2n) is 4.89. The number of carbonyl (C=O) groups excluding carboxylic acids is 1. The normalized spacial score (nSPS) is 10.4. The van der Waals surface area contributed by atoms with Crippen LogP contribution in [0, 0.1) is 6.92 Å². The van der Waals surface area contributed by atoms with E-state index in [9.17, 15) is 4.79 Å². The Bertz CT molecular complexity index is 651. The summed E-state index contributed by atoms with van der Waals surface area (Å²) in [5.41, 5.74) is 1.25. The summed E-state index contributed by atoms with van der Waals surface area (Å²) in [6, 6.07) is 6.94. The molecule has 0 saturated heterocycles. The molecule has 0 bridgehead atoms. The molecule has 0 aliphatic heterocycles. The molecule has 0 aliphatic rings. The molecule has 0 saturated carbocycles. The molecule has 6 heteroatoms. The van der Waals surface area contributed by atoms with E-state index in [4.69, 9.17) is 14.0 Å². The maximum absolute atomic E-state index is 12.5. The number of hydrogen-bond acceptors (Lipinski definition) is 5. The largest absolute Gasteiger partial charge is 0.493 e. The fraction of sp³-hybridized carbons (Fsp3) is 0.375. The third-order valence-electron chi connectivity index (χ3n) is 3.13. The molecule has 1 aromatic carbocycles. The van der Waals surface area contributed by atoms with Crippen LogP contribution in [0.3, 0.4) is 0 Å². The highest BCUT2D eigenvalue weighted by Gasteiger charge is 2.16. The van der Waals surface area contributed by atoms with Crippen LogP contribution in [0.4, 0.5) is 0 Å². The number of methoxy groups -OCH3 is 1. The van der Waals surface area contributed by atoms with Crippen LogP contribution < -0.4 is 9.47 Å². The highest BCUT2D eigenvalue weighted by Crippen LogP contribution is 2.28. The zero-order valence-electron chi connectivity index (χ0n) is 13.3. The van der Waals surface area contributed by atoms with Gasteiger partial charge in [0.25, 0.3) is 5.91 Å². The Kier molecular flexibility index (Phi) is 5.04. The van der Waals surface area contributed by atoms with Gasteiger partial charge in [-0.25, -0.2) is 0 Å². The van der Waals surface area contributed by atoms with Crippen molar-refractivity contribution in [2.24, 2.45) is 0 Å². The molecule has 0 N–H and O–H groups in total. The van der Waals surface area contributed by atoms with Crippen molar-refractivity contribution in [3.05, 3.63) is 41.3 Å². The molecule has 0 spiro atoms. The maximum Gasteiger partial charge on any atom is 0.254 e. The molecule has 22 heavy (non-hydrogen) atoms. The van der Waals surface area contributed by atoms with Gasteiger partial charge in [0.05, 0.1) is 20.3 Å². The minimum absolute atomic E-state index is 0.121. The van der Waals surface area contributed by atoms with Crippen LogP contribution in [0.5, 0.6) is 11.5 Å². The molecule has 0 aliphatic carbocycles. The van der Waals surface area contributed by atoms with E-state index < -0.39 is 0 Å². The van der Waals surface area contributed by atoms with Gasteiger partial charge in [-0.3, -0.25) is 4.79 Å². The Morgan fingerprint density at radius 1 is 1.32 bits per heavy atom. The maximum atomic E-state index is 12.5. The Labute approximate surface area is 129 Å². The lowest BCUT2D eigenvalue weighted by atomic mass is 10.1. The summed E-state index contributed by atoms with van der Waals surface area (Å²) in [7, 11) is 3.29. The zero-order valence-corrected chi connectivity index (χ0v) is 13.3. The standard InChI is InChI=1S/C16H20N2O4/c1-5-21-15-9-12(6-7-14(15)20-4)16(19)18(3)10-13-8-11(2)22-17-13/h6-9H,5,10H2,1-4H3. The highest BCUT2D eigenvalue weighted by molar-refractivity contribution is 5.94. The smallest absolute Gasteiger partial charge is 0.254 e. The first-order chi connectivity index (χ1) is 10.5. The van der Waals surface area contributed by atoms with Crippen molar-refractivity contribution in [1.82, 2.24) is 10.1 Å². The van der Waals surface area contributed by atoms with Crippen molar-refractivity contribution in [3.8, 4) is 11.5 Å². The van der Waals surface area contributed by atoms with E-state index in [1.165, 1.54) is 0 Å². The van der Waals surface area contributed by atoms with Crippen molar-refractivity contribution < 1.29 is 18.8 Å². The molecule has 0 radical (unpaired) electrons. The molecule has 6 nitrogen and oxygen atoms in total. The summed E-state index contributed by atoms with van der Waals surface area (Å²) >= 11 is 0. The third kappa shape index (κ3) is 3.58. The first-order valence-corrected chi connectivity index (χ1v) is 7.03. The summed E-state index contributed by atoms with van der Waals surface area (Å²) in [6.07, 6.45) is 0. The van der Waals surface area contributed by atoms with Gasteiger partial charge in [0.1, 0.15) is 11.5 Å². The molecular formula is C16H20N2O4. The van der Waals surface area contributed by atoms with Crippen molar-refractivity contribution in [1.29, 1.82) is 0 Å². The van der Waals surface area contributed by atoms with E-state index in [1.807, 2.05) is 19.9 Å². The van der Waals surface area contributed by atoms with Gasteiger partial charge in [0, 0.05) is 18.7 Å². The second-order valence-corrected chi connectivity index (χ2v) is 4.89. The van der Waals surface area contributed by atoms with Gasteiger partial charge in [-0.05, 0) is 32.0 Å². The van der Waals surface area contributed by atoms with Gasteiger partial charge in [-0.1, -0.05) is 5.16 Å². The molecule has 2 rings (SSSR count). The molecule has 0 unspecified atom stereocenters. The summed E-state index contributed by atoms with van der Waals surface area (Å²) < 4.78 is 15.7. The lowest BCUT2D eigenvalue weighted by Gasteiger charge is -2.17. The summed E-state index contributed by atoms with van der Waals surface area (Å²) in [5, 5.41) is 3.89. The monoisotopic (exact) mass is 304 g/mol. The van der Waals surface area contributed by atoms with E-state index in [2.05, 4.69) is 5.16 Å². The van der Waals surface area contributed by atoms with Gasteiger partial charge in [0.15, 0.2) is 11.5 Å². The average Bonchev–Trinajstić information content (AvgIpc) is 2.91. The van der Waals surface area contributed by atoms with Crippen LogP contribution in [0.15, 0.2) is 28.8 Å². The number of rotatable bonds is 6. The van der Waals surface area contributed by atoms with Gasteiger partial charge in [-0.15, -0.1) is 0 Å². The minimum atomic E-state index is -0.121. The first-order valence-electron chi connectivity index (χ1n) is 7.03. The Morgan fingerprint density at radius 3 is 2.68 bits per heavy atom. The predicted molar refractivity (Wildman–Crippen MR) is 81.2 cm³/mol. The van der Waals surface area contributed by atoms with E-state index in [0.717, 1.165) is 5.76 Å².